The van der Waals surface area contributed by atoms with Gasteiger partial charge in [0.25, 0.3) is 5.69 Å². The van der Waals surface area contributed by atoms with Crippen LogP contribution in [0.25, 0.3) is 0 Å². The minimum Gasteiger partial charge on any atom is -0.383 e. The number of aliphatic imine (C=N–C) groups is 1. The van der Waals surface area contributed by atoms with E-state index in [9.17, 15) is 10.1 Å². The number of nitro groups is 1. The molecule has 1 aromatic carbocycles. The van der Waals surface area contributed by atoms with Crippen LogP contribution in [-0.2, 0) is 6.42 Å². The van der Waals surface area contributed by atoms with Gasteiger partial charge in [0.2, 0.25) is 0 Å². The first kappa shape index (κ1) is 22.2. The Balaban J connectivity index is 0.00000338. The maximum atomic E-state index is 10.6. The lowest BCUT2D eigenvalue weighted by Crippen LogP contribution is -2.39. The number of guanidine groups is 1. The minimum absolute atomic E-state index is 0. The summed E-state index contributed by atoms with van der Waals surface area (Å²) in [4.78, 5) is 16.1. The molecule has 2 rings (SSSR count). The predicted molar refractivity (Wildman–Crippen MR) is 119 cm³/mol. The van der Waals surface area contributed by atoms with Crippen molar-refractivity contribution in [1.29, 1.82) is 0 Å². The van der Waals surface area contributed by atoms with Crippen LogP contribution in [0.4, 0.5) is 11.4 Å². The van der Waals surface area contributed by atoms with Gasteiger partial charge >= 0.3 is 0 Å². The average molecular weight is 489 g/mol. The van der Waals surface area contributed by atoms with Crippen LogP contribution in [0, 0.1) is 10.1 Å². The van der Waals surface area contributed by atoms with Gasteiger partial charge in [-0.2, -0.15) is 0 Å². The molecule has 9 heteroatoms. The monoisotopic (exact) mass is 489 g/mol. The highest BCUT2D eigenvalue weighted by molar-refractivity contribution is 14.0. The van der Waals surface area contributed by atoms with E-state index < -0.39 is 4.92 Å². The second-order valence-corrected chi connectivity index (χ2v) is 6.28. The van der Waals surface area contributed by atoms with Gasteiger partial charge in [0, 0.05) is 55.3 Å². The van der Waals surface area contributed by atoms with E-state index >= 15 is 0 Å². The van der Waals surface area contributed by atoms with Gasteiger partial charge in [0.05, 0.1) is 4.92 Å². The highest BCUT2D eigenvalue weighted by Crippen LogP contribution is 2.14. The molecule has 0 saturated carbocycles. The topological polar surface area (TPSA) is 91.6 Å². The molecule has 0 amide bonds. The van der Waals surface area contributed by atoms with E-state index in [4.69, 9.17) is 0 Å². The number of benzene rings is 1. The van der Waals surface area contributed by atoms with Crippen molar-refractivity contribution in [3.63, 3.8) is 0 Å². The quantitative estimate of drug-likeness (QED) is 0.125. The number of hydrogen-bond donors (Lipinski definition) is 3. The molecule has 3 N–H and O–H groups in total. The number of non-ortho nitro benzene ring substituents is 1. The first-order valence-corrected chi connectivity index (χ1v) is 9.10. The number of nitrogens with one attached hydrogen (secondary N) is 3. The standard InChI is InChI=1S/C17H23N5O2S.HI/c1-2-18-17(20-10-9-16-4-3-13-25-16)21-12-11-19-14-5-7-15(8-6-14)22(23)24;/h3-8,13,19H,2,9-12H2,1H3,(H2,18,20,21);1H. The zero-order valence-corrected chi connectivity index (χ0v) is 17.8. The molecule has 0 atom stereocenters. The third-order valence-corrected chi connectivity index (χ3v) is 4.31. The fourth-order valence-electron chi connectivity index (χ4n) is 2.16. The van der Waals surface area contributed by atoms with Crippen molar-refractivity contribution < 1.29 is 4.92 Å². The molecule has 2 aromatic rings. The molecule has 0 saturated heterocycles. The molecule has 0 bridgehead atoms. The molecule has 0 radical (unpaired) electrons. The number of anilines is 1. The van der Waals surface area contributed by atoms with Crippen LogP contribution in [0.2, 0.25) is 0 Å². The highest BCUT2D eigenvalue weighted by Gasteiger charge is 2.03. The van der Waals surface area contributed by atoms with Crippen LogP contribution in [0.5, 0.6) is 0 Å². The molecule has 26 heavy (non-hydrogen) atoms. The lowest BCUT2D eigenvalue weighted by Gasteiger charge is -2.12. The van der Waals surface area contributed by atoms with Gasteiger partial charge in [-0.05, 0) is 30.5 Å². The minimum atomic E-state index is -0.402. The summed E-state index contributed by atoms with van der Waals surface area (Å²) < 4.78 is 0. The van der Waals surface area contributed by atoms with E-state index in [2.05, 4.69) is 38.5 Å². The Morgan fingerprint density at radius 1 is 1.19 bits per heavy atom. The lowest BCUT2D eigenvalue weighted by molar-refractivity contribution is -0.384. The number of rotatable bonds is 9. The Labute approximate surface area is 174 Å². The summed E-state index contributed by atoms with van der Waals surface area (Å²) in [6.07, 6.45) is 0.940. The highest BCUT2D eigenvalue weighted by atomic mass is 127. The Bertz CT molecular complexity index is 677. The van der Waals surface area contributed by atoms with E-state index in [1.165, 1.54) is 17.0 Å². The molecule has 0 aliphatic heterocycles. The van der Waals surface area contributed by atoms with Gasteiger partial charge in [0.1, 0.15) is 0 Å². The SMILES string of the molecule is CCNC(=NCCc1cccs1)NCCNc1ccc([N+](=O)[O-])cc1.I. The molecule has 0 aliphatic carbocycles. The van der Waals surface area contributed by atoms with Crippen molar-refractivity contribution >= 4 is 52.6 Å². The summed E-state index contributed by atoms with van der Waals surface area (Å²) in [6.45, 7) is 4.97. The molecule has 0 fully saturated rings. The maximum absolute atomic E-state index is 10.6. The van der Waals surface area contributed by atoms with E-state index in [0.29, 0.717) is 13.1 Å². The van der Waals surface area contributed by atoms with E-state index in [0.717, 1.165) is 31.2 Å². The Kier molecular flexibility index (Phi) is 10.6. The molecule has 0 spiro atoms. The smallest absolute Gasteiger partial charge is 0.269 e. The number of thiophene rings is 1. The van der Waals surface area contributed by atoms with E-state index in [-0.39, 0.29) is 29.7 Å². The predicted octanol–water partition coefficient (Wildman–Crippen LogP) is 3.48. The third-order valence-electron chi connectivity index (χ3n) is 3.38. The summed E-state index contributed by atoms with van der Waals surface area (Å²) in [5, 5.41) is 22.4. The maximum Gasteiger partial charge on any atom is 0.269 e. The fraction of sp³-hybridized carbons (Fsp3) is 0.353. The van der Waals surface area contributed by atoms with Crippen molar-refractivity contribution in [3.05, 3.63) is 56.8 Å². The summed E-state index contributed by atoms with van der Waals surface area (Å²) in [6, 6.07) is 10.6. The van der Waals surface area contributed by atoms with Gasteiger partial charge in [-0.3, -0.25) is 15.1 Å². The third kappa shape index (κ3) is 8.00. The van der Waals surface area contributed by atoms with E-state index in [1.54, 1.807) is 23.5 Å². The van der Waals surface area contributed by atoms with Crippen LogP contribution in [-0.4, -0.2) is 37.1 Å². The van der Waals surface area contributed by atoms with Gasteiger partial charge in [-0.15, -0.1) is 35.3 Å². The van der Waals surface area contributed by atoms with Crippen molar-refractivity contribution in [2.75, 3.05) is 31.5 Å². The summed E-state index contributed by atoms with van der Waals surface area (Å²) >= 11 is 1.75. The molecule has 7 nitrogen and oxygen atoms in total. The van der Waals surface area contributed by atoms with Crippen LogP contribution < -0.4 is 16.0 Å². The van der Waals surface area contributed by atoms with Gasteiger partial charge in [-0.1, -0.05) is 6.07 Å². The summed E-state index contributed by atoms with van der Waals surface area (Å²) in [5.74, 6) is 0.796. The van der Waals surface area contributed by atoms with Gasteiger partial charge < -0.3 is 16.0 Å². The Morgan fingerprint density at radius 2 is 1.96 bits per heavy atom. The number of hydrogen-bond acceptors (Lipinski definition) is 5. The summed E-state index contributed by atoms with van der Waals surface area (Å²) in [5.41, 5.74) is 0.947. The van der Waals surface area contributed by atoms with Gasteiger partial charge in [0.15, 0.2) is 5.96 Å². The van der Waals surface area contributed by atoms with Crippen molar-refractivity contribution in [2.24, 2.45) is 4.99 Å². The first-order valence-electron chi connectivity index (χ1n) is 8.22. The molecule has 0 aliphatic rings. The zero-order valence-electron chi connectivity index (χ0n) is 14.6. The largest absolute Gasteiger partial charge is 0.383 e. The lowest BCUT2D eigenvalue weighted by atomic mass is 10.3. The fourth-order valence-corrected chi connectivity index (χ4v) is 2.86. The number of nitrogens with zero attached hydrogens (tertiary/aromatic N) is 2. The first-order chi connectivity index (χ1) is 12.2. The Morgan fingerprint density at radius 3 is 2.58 bits per heavy atom. The Hall–Kier alpha value is -1.88. The van der Waals surface area contributed by atoms with Gasteiger partial charge in [-0.25, -0.2) is 0 Å². The van der Waals surface area contributed by atoms with Crippen LogP contribution in [0.3, 0.4) is 0 Å². The molecular formula is C17H24IN5O2S. The molecule has 0 unspecified atom stereocenters. The second-order valence-electron chi connectivity index (χ2n) is 5.25. The molecular weight excluding hydrogens is 465 g/mol. The van der Waals surface area contributed by atoms with Crippen LogP contribution >= 0.6 is 35.3 Å². The summed E-state index contributed by atoms with van der Waals surface area (Å²) in [7, 11) is 0. The average Bonchev–Trinajstić information content (AvgIpc) is 3.12. The van der Waals surface area contributed by atoms with E-state index in [1.807, 2.05) is 6.92 Å². The molecule has 1 heterocycles. The zero-order chi connectivity index (χ0) is 17.9. The van der Waals surface area contributed by atoms with Crippen molar-refractivity contribution in [3.8, 4) is 0 Å². The normalized spacial score (nSPS) is 10.7. The molecule has 1 aromatic heterocycles. The van der Waals surface area contributed by atoms with Crippen molar-refractivity contribution in [2.45, 2.75) is 13.3 Å². The number of nitro benzene ring substituents is 1. The molecule has 142 valence electrons. The van der Waals surface area contributed by atoms with Crippen molar-refractivity contribution in [1.82, 2.24) is 10.6 Å². The second kappa shape index (κ2) is 12.5. The van der Waals surface area contributed by atoms with Crippen LogP contribution in [0.1, 0.15) is 11.8 Å². The number of halogens is 1. The van der Waals surface area contributed by atoms with Crippen LogP contribution in [0.15, 0.2) is 46.8 Å².